The number of fused-ring (bicyclic) bond motifs is 1. The average Bonchev–Trinajstić information content (AvgIpc) is 3.71. The number of piperazine rings is 1. The van der Waals surface area contributed by atoms with Crippen LogP contribution in [0.3, 0.4) is 0 Å². The van der Waals surface area contributed by atoms with Crippen LogP contribution in [0.25, 0.3) is 10.6 Å². The molecule has 1 aromatic carbocycles. The van der Waals surface area contributed by atoms with Gasteiger partial charge in [0.1, 0.15) is 10.4 Å². The molecule has 0 bridgehead atoms. The fourth-order valence-electron chi connectivity index (χ4n) is 5.90. The molecule has 1 saturated carbocycles. The maximum Gasteiger partial charge on any atom is 0.420 e. The molecule has 3 aromatic rings. The molecule has 3 aliphatic heterocycles. The second-order valence-corrected chi connectivity index (χ2v) is 14.9. The summed E-state index contributed by atoms with van der Waals surface area (Å²) >= 11 is 0.709. The minimum absolute atomic E-state index is 0.00288. The lowest BCUT2D eigenvalue weighted by atomic mass is 10.1. The van der Waals surface area contributed by atoms with E-state index in [0.29, 0.717) is 35.2 Å². The molecule has 2 aromatic heterocycles. The Morgan fingerprint density at radius 1 is 1.16 bits per heavy atom. The summed E-state index contributed by atoms with van der Waals surface area (Å²) < 4.78 is 74.1. The number of sulfone groups is 1. The highest BCUT2D eigenvalue weighted by Gasteiger charge is 2.41. The van der Waals surface area contributed by atoms with Gasteiger partial charge in [0, 0.05) is 49.8 Å². The summed E-state index contributed by atoms with van der Waals surface area (Å²) in [7, 11) is -3.92. The highest BCUT2D eigenvalue weighted by atomic mass is 32.2. The molecule has 7 rings (SSSR count). The van der Waals surface area contributed by atoms with Gasteiger partial charge in [-0.3, -0.25) is 4.79 Å². The van der Waals surface area contributed by atoms with Gasteiger partial charge in [0.2, 0.25) is 5.95 Å². The van der Waals surface area contributed by atoms with E-state index in [1.54, 1.807) is 0 Å². The number of thiophene rings is 1. The topological polar surface area (TPSA) is 117 Å². The number of rotatable bonds is 6. The molecule has 1 aliphatic carbocycles. The van der Waals surface area contributed by atoms with E-state index in [0.717, 1.165) is 49.8 Å². The number of nitrogens with zero attached hydrogens (tertiary/aromatic N) is 4. The SMILES string of the molecule is C[C@@H]1CN(c2ccc(Nc3ncc(C(F)(F)F)c(-c4cc5c(s4)C(=O)N(C4COC4)CCS5(=O)=O)n3)c(C3CC3)c2)CCN1. The number of hydrogen-bond donors (Lipinski definition) is 2. The Morgan fingerprint density at radius 2 is 1.95 bits per heavy atom. The summed E-state index contributed by atoms with van der Waals surface area (Å²) in [6.07, 6.45) is -2.07. The maximum atomic E-state index is 14.2. The zero-order valence-electron chi connectivity index (χ0n) is 23.9. The van der Waals surface area contributed by atoms with Crippen LogP contribution in [0, 0.1) is 0 Å². The van der Waals surface area contributed by atoms with Crippen molar-refractivity contribution < 1.29 is 31.1 Å². The Hall–Kier alpha value is -3.27. The van der Waals surface area contributed by atoms with Crippen molar-refractivity contribution in [3.05, 3.63) is 46.5 Å². The second kappa shape index (κ2) is 11.0. The molecule has 0 spiro atoms. The Kier molecular flexibility index (Phi) is 7.34. The third-order valence-electron chi connectivity index (χ3n) is 8.51. The summed E-state index contributed by atoms with van der Waals surface area (Å²) in [5.74, 6) is -0.572. The van der Waals surface area contributed by atoms with Gasteiger partial charge in [-0.05, 0) is 55.5 Å². The minimum atomic E-state index is -4.81. The number of aromatic nitrogens is 2. The van der Waals surface area contributed by atoms with Crippen LogP contribution in [0.2, 0.25) is 0 Å². The van der Waals surface area contributed by atoms with Gasteiger partial charge in [0.25, 0.3) is 5.91 Å². The van der Waals surface area contributed by atoms with Crippen molar-refractivity contribution in [3.8, 4) is 10.6 Å². The van der Waals surface area contributed by atoms with Gasteiger partial charge in [0.05, 0.1) is 40.5 Å². The summed E-state index contributed by atoms with van der Waals surface area (Å²) in [6.45, 7) is 5.34. The van der Waals surface area contributed by atoms with E-state index in [-0.39, 0.29) is 52.2 Å². The third-order valence-corrected chi connectivity index (χ3v) is 11.5. The lowest BCUT2D eigenvalue weighted by Gasteiger charge is -2.36. The number of carbonyl (C=O) groups excluding carboxylic acids is 1. The first kappa shape index (κ1) is 29.4. The van der Waals surface area contributed by atoms with Gasteiger partial charge in [-0.25, -0.2) is 18.4 Å². The molecule has 10 nitrogen and oxygen atoms in total. The molecular formula is C29H31F3N6O4S2. The summed E-state index contributed by atoms with van der Waals surface area (Å²) in [6, 6.07) is 7.27. The predicted molar refractivity (Wildman–Crippen MR) is 159 cm³/mol. The molecule has 2 saturated heterocycles. The zero-order valence-corrected chi connectivity index (χ0v) is 25.5. The Bertz CT molecular complexity index is 1720. The first-order valence-electron chi connectivity index (χ1n) is 14.6. The van der Waals surface area contributed by atoms with Crippen molar-refractivity contribution in [2.24, 2.45) is 0 Å². The van der Waals surface area contributed by atoms with Gasteiger partial charge < -0.3 is 25.2 Å². The van der Waals surface area contributed by atoms with Gasteiger partial charge in [0.15, 0.2) is 9.84 Å². The first-order valence-corrected chi connectivity index (χ1v) is 17.0. The number of amides is 1. The highest BCUT2D eigenvalue weighted by Crippen LogP contribution is 2.46. The number of nitrogens with one attached hydrogen (secondary N) is 2. The molecule has 15 heteroatoms. The molecule has 44 heavy (non-hydrogen) atoms. The van der Waals surface area contributed by atoms with Gasteiger partial charge in [-0.1, -0.05) is 0 Å². The van der Waals surface area contributed by atoms with E-state index < -0.39 is 33.2 Å². The monoisotopic (exact) mass is 648 g/mol. The standard InChI is InChI=1S/C29H31F3N6O4S2/c1-16-13-37(7-6-33-16)18-4-5-22(20(10-18)17-2-3-17)35-28-34-12-21(29(30,31)32)25(36-28)23-11-24-26(43-23)27(39)38(19-14-42-15-19)8-9-44(24,40)41/h4-5,10-12,16-17,19,33H,2-3,6-9,13-15H2,1H3,(H,34,35,36)/t16-/m1/s1. The first-order chi connectivity index (χ1) is 21.0. The fraction of sp³-hybridized carbons (Fsp3) is 0.483. The van der Waals surface area contributed by atoms with Crippen LogP contribution in [0.4, 0.5) is 30.5 Å². The molecule has 4 aliphatic rings. The molecular weight excluding hydrogens is 617 g/mol. The van der Waals surface area contributed by atoms with Gasteiger partial charge in [-0.2, -0.15) is 13.2 Å². The van der Waals surface area contributed by atoms with Crippen LogP contribution in [0.1, 0.15) is 46.5 Å². The quantitative estimate of drug-likeness (QED) is 0.404. The van der Waals surface area contributed by atoms with E-state index >= 15 is 0 Å². The van der Waals surface area contributed by atoms with Gasteiger partial charge in [-0.15, -0.1) is 11.3 Å². The van der Waals surface area contributed by atoms with Crippen molar-refractivity contribution in [1.29, 1.82) is 0 Å². The molecule has 234 valence electrons. The molecule has 5 heterocycles. The number of hydrogen-bond acceptors (Lipinski definition) is 10. The number of anilines is 3. The molecule has 1 amide bonds. The van der Waals surface area contributed by atoms with E-state index in [2.05, 4.69) is 38.5 Å². The zero-order chi connectivity index (χ0) is 30.8. The number of carbonyl (C=O) groups is 1. The number of ether oxygens (including phenoxy) is 1. The molecule has 0 unspecified atom stereocenters. The van der Waals surface area contributed by atoms with E-state index in [1.165, 1.54) is 4.90 Å². The summed E-state index contributed by atoms with van der Waals surface area (Å²) in [5, 5.41) is 6.57. The third kappa shape index (κ3) is 5.54. The van der Waals surface area contributed by atoms with E-state index in [4.69, 9.17) is 4.74 Å². The average molecular weight is 649 g/mol. The van der Waals surface area contributed by atoms with Crippen LogP contribution in [0.5, 0.6) is 0 Å². The lowest BCUT2D eigenvalue weighted by Crippen LogP contribution is -2.52. The largest absolute Gasteiger partial charge is 0.420 e. The summed E-state index contributed by atoms with van der Waals surface area (Å²) in [4.78, 5) is 25.0. The van der Waals surface area contributed by atoms with Crippen molar-refractivity contribution in [2.75, 3.05) is 55.4 Å². The van der Waals surface area contributed by atoms with Crippen molar-refractivity contribution >= 4 is 44.4 Å². The minimum Gasteiger partial charge on any atom is -0.377 e. The van der Waals surface area contributed by atoms with E-state index in [9.17, 15) is 26.4 Å². The van der Waals surface area contributed by atoms with Crippen molar-refractivity contribution in [2.45, 2.75) is 48.8 Å². The molecule has 1 atom stereocenters. The maximum absolute atomic E-state index is 14.2. The van der Waals surface area contributed by atoms with Crippen LogP contribution < -0.4 is 15.5 Å². The van der Waals surface area contributed by atoms with E-state index in [1.807, 2.05) is 12.1 Å². The smallest absolute Gasteiger partial charge is 0.377 e. The molecule has 0 radical (unpaired) electrons. The molecule has 3 fully saturated rings. The van der Waals surface area contributed by atoms with Crippen molar-refractivity contribution in [3.63, 3.8) is 0 Å². The van der Waals surface area contributed by atoms with Crippen LogP contribution in [-0.4, -0.2) is 86.4 Å². The lowest BCUT2D eigenvalue weighted by molar-refractivity contribution is -0.137. The van der Waals surface area contributed by atoms with Crippen molar-refractivity contribution in [1.82, 2.24) is 20.2 Å². The Balaban J connectivity index is 1.25. The predicted octanol–water partition coefficient (Wildman–Crippen LogP) is 4.27. The Labute approximate surface area is 256 Å². The Morgan fingerprint density at radius 3 is 2.64 bits per heavy atom. The van der Waals surface area contributed by atoms with Crippen LogP contribution >= 0.6 is 11.3 Å². The van der Waals surface area contributed by atoms with Gasteiger partial charge >= 0.3 is 6.18 Å². The van der Waals surface area contributed by atoms with Crippen LogP contribution in [0.15, 0.2) is 35.4 Å². The number of alkyl halides is 3. The number of benzene rings is 1. The fourth-order valence-corrected chi connectivity index (χ4v) is 8.82. The molecule has 2 N–H and O–H groups in total. The highest BCUT2D eigenvalue weighted by molar-refractivity contribution is 7.91. The number of halogens is 3. The normalized spacial score (nSPS) is 22.4. The second-order valence-electron chi connectivity index (χ2n) is 11.7. The van der Waals surface area contributed by atoms with Crippen LogP contribution in [-0.2, 0) is 20.8 Å². The summed E-state index contributed by atoms with van der Waals surface area (Å²) in [5.41, 5.74) is 1.27.